The highest BCUT2D eigenvalue weighted by atomic mass is 16.2. The highest BCUT2D eigenvalue weighted by Crippen LogP contribution is 2.21. The van der Waals surface area contributed by atoms with Crippen LogP contribution in [-0.4, -0.2) is 60.7 Å². The first-order valence-corrected chi connectivity index (χ1v) is 13.8. The Morgan fingerprint density at radius 1 is 0.732 bits per heavy atom. The minimum atomic E-state index is -0.851. The molecule has 0 aromatic heterocycles. The van der Waals surface area contributed by atoms with Crippen LogP contribution in [0.25, 0.3) is 10.8 Å². The molecule has 3 N–H and O–H groups in total. The molecule has 0 aliphatic rings. The number of carbonyl (C=O) groups is 3. The molecule has 0 heterocycles. The van der Waals surface area contributed by atoms with E-state index in [4.69, 9.17) is 5.73 Å². The van der Waals surface area contributed by atoms with E-state index in [1.54, 1.807) is 39.3 Å². The van der Waals surface area contributed by atoms with E-state index in [1.807, 2.05) is 85.8 Å². The topological polar surface area (TPSA) is 95.7 Å². The third-order valence-corrected chi connectivity index (χ3v) is 7.61. The van der Waals surface area contributed by atoms with Gasteiger partial charge in [-0.05, 0) is 46.5 Å². The van der Waals surface area contributed by atoms with Crippen LogP contribution in [0.4, 0.5) is 0 Å². The van der Waals surface area contributed by atoms with Crippen LogP contribution in [0.5, 0.6) is 0 Å². The lowest BCUT2D eigenvalue weighted by Gasteiger charge is -2.34. The van der Waals surface area contributed by atoms with Crippen molar-refractivity contribution in [3.8, 4) is 0 Å². The summed E-state index contributed by atoms with van der Waals surface area (Å²) in [6.45, 7) is 1.86. The monoisotopic (exact) mass is 550 g/mol. The molecule has 0 saturated heterocycles. The van der Waals surface area contributed by atoms with Crippen LogP contribution in [0.2, 0.25) is 0 Å². The summed E-state index contributed by atoms with van der Waals surface area (Å²) >= 11 is 0. The third-order valence-electron chi connectivity index (χ3n) is 7.61. The lowest BCUT2D eigenvalue weighted by molar-refractivity contribution is -0.142. The minimum Gasteiger partial charge on any atom is -0.357 e. The second kappa shape index (κ2) is 13.2. The Bertz CT molecular complexity index is 1520. The maximum Gasteiger partial charge on any atom is 0.254 e. The number of nitrogens with zero attached hydrogens (tertiary/aromatic N) is 2. The smallest absolute Gasteiger partial charge is 0.254 e. The lowest BCUT2D eigenvalue weighted by Crippen LogP contribution is -2.55. The third kappa shape index (κ3) is 6.99. The van der Waals surface area contributed by atoms with Crippen LogP contribution in [0.1, 0.15) is 40.0 Å². The maximum absolute atomic E-state index is 14.2. The van der Waals surface area contributed by atoms with Crippen molar-refractivity contribution in [2.75, 3.05) is 21.1 Å². The van der Waals surface area contributed by atoms with Crippen molar-refractivity contribution in [1.82, 2.24) is 15.1 Å². The number of amides is 3. The van der Waals surface area contributed by atoms with E-state index in [1.165, 1.54) is 9.80 Å². The van der Waals surface area contributed by atoms with Crippen molar-refractivity contribution >= 4 is 28.5 Å². The fourth-order valence-electron chi connectivity index (χ4n) is 5.08. The average molecular weight is 551 g/mol. The fraction of sp³-hybridized carbons (Fsp3) is 0.265. The molecule has 7 nitrogen and oxygen atoms in total. The van der Waals surface area contributed by atoms with E-state index in [0.717, 1.165) is 27.5 Å². The number of nitrogens with one attached hydrogen (secondary N) is 1. The number of nitrogens with two attached hydrogens (primary N) is 1. The molecular formula is C34H38N4O3. The summed E-state index contributed by atoms with van der Waals surface area (Å²) in [6.07, 6.45) is 0.634. The van der Waals surface area contributed by atoms with Crippen molar-refractivity contribution in [1.29, 1.82) is 0 Å². The molecule has 0 aliphatic heterocycles. The second-order valence-electron chi connectivity index (χ2n) is 10.5. The molecule has 4 aromatic carbocycles. The Kier molecular flexibility index (Phi) is 9.53. The van der Waals surface area contributed by atoms with Crippen LogP contribution in [-0.2, 0) is 22.4 Å². The summed E-state index contributed by atoms with van der Waals surface area (Å²) in [5, 5.41) is 4.84. The number of hydrogen-bond acceptors (Lipinski definition) is 4. The summed E-state index contributed by atoms with van der Waals surface area (Å²) < 4.78 is 0. The summed E-state index contributed by atoms with van der Waals surface area (Å²) in [5.74, 6) is -0.880. The minimum absolute atomic E-state index is 0.236. The molecule has 0 radical (unpaired) electrons. The van der Waals surface area contributed by atoms with Crippen LogP contribution in [0.15, 0.2) is 97.1 Å². The van der Waals surface area contributed by atoms with Gasteiger partial charge in [0, 0.05) is 45.6 Å². The first-order valence-electron chi connectivity index (χ1n) is 13.8. The highest BCUT2D eigenvalue weighted by molar-refractivity contribution is 5.98. The van der Waals surface area contributed by atoms with Gasteiger partial charge in [-0.3, -0.25) is 14.4 Å². The van der Waals surface area contributed by atoms with E-state index in [2.05, 4.69) is 5.32 Å². The first-order chi connectivity index (χ1) is 19.7. The molecule has 3 atom stereocenters. The summed E-state index contributed by atoms with van der Waals surface area (Å²) in [4.78, 5) is 44.0. The molecule has 212 valence electrons. The van der Waals surface area contributed by atoms with E-state index in [-0.39, 0.29) is 30.2 Å². The van der Waals surface area contributed by atoms with Gasteiger partial charge in [0.25, 0.3) is 5.91 Å². The standard InChI is InChI=1S/C34H38N4O3/c1-23(35)27-15-10-16-29(22-27)33(40)38(4)31(21-25-17-18-26-13-8-9-14-28(26)19-25)34(41)37(3)30(32(39)36-2)20-24-11-6-5-7-12-24/h5-19,22-23,30-31H,20-21,35H2,1-4H3,(H,36,39)/t23?,30-,31+/m1/s1. The average Bonchev–Trinajstić information content (AvgIpc) is 3.01. The Labute approximate surface area is 242 Å². The van der Waals surface area contributed by atoms with Gasteiger partial charge < -0.3 is 20.9 Å². The number of fused-ring (bicyclic) bond motifs is 1. The zero-order chi connectivity index (χ0) is 29.5. The molecule has 0 saturated carbocycles. The first kappa shape index (κ1) is 29.5. The van der Waals surface area contributed by atoms with Gasteiger partial charge in [0.15, 0.2) is 0 Å². The van der Waals surface area contributed by atoms with Crippen molar-refractivity contribution < 1.29 is 14.4 Å². The number of likely N-dealkylation sites (N-methyl/N-ethyl adjacent to an activating group) is 3. The predicted molar refractivity (Wildman–Crippen MR) is 163 cm³/mol. The Balaban J connectivity index is 1.70. The van der Waals surface area contributed by atoms with Crippen LogP contribution in [0, 0.1) is 0 Å². The second-order valence-corrected chi connectivity index (χ2v) is 10.5. The normalized spacial score (nSPS) is 13.2. The zero-order valence-electron chi connectivity index (χ0n) is 24.1. The van der Waals surface area contributed by atoms with Gasteiger partial charge in [-0.2, -0.15) is 0 Å². The SMILES string of the molecule is CNC(=O)[C@@H](Cc1ccccc1)N(C)C(=O)[C@H](Cc1ccc2ccccc2c1)N(C)C(=O)c1cccc(C(C)N)c1. The van der Waals surface area contributed by atoms with E-state index >= 15 is 0 Å². The molecule has 0 aliphatic carbocycles. The van der Waals surface area contributed by atoms with Gasteiger partial charge in [-0.15, -0.1) is 0 Å². The van der Waals surface area contributed by atoms with Crippen LogP contribution in [0.3, 0.4) is 0 Å². The Hall–Kier alpha value is -4.49. The van der Waals surface area contributed by atoms with E-state index in [9.17, 15) is 14.4 Å². The molecule has 1 unspecified atom stereocenters. The van der Waals surface area contributed by atoms with Gasteiger partial charge >= 0.3 is 0 Å². The largest absolute Gasteiger partial charge is 0.357 e. The van der Waals surface area contributed by atoms with E-state index < -0.39 is 12.1 Å². The van der Waals surface area contributed by atoms with Gasteiger partial charge in [0.1, 0.15) is 12.1 Å². The zero-order valence-corrected chi connectivity index (χ0v) is 24.1. The van der Waals surface area contributed by atoms with Crippen molar-refractivity contribution in [3.05, 3.63) is 119 Å². The Morgan fingerprint density at radius 3 is 2.07 bits per heavy atom. The molecular weight excluding hydrogens is 512 g/mol. The number of benzene rings is 4. The summed E-state index contributed by atoms with van der Waals surface area (Å²) in [5.41, 5.74) is 9.21. The van der Waals surface area contributed by atoms with Gasteiger partial charge in [0.2, 0.25) is 11.8 Å². The molecule has 7 heteroatoms. The summed E-state index contributed by atoms with van der Waals surface area (Å²) in [7, 11) is 4.84. The van der Waals surface area contributed by atoms with Crippen molar-refractivity contribution in [2.45, 2.75) is 37.9 Å². The van der Waals surface area contributed by atoms with Crippen molar-refractivity contribution in [3.63, 3.8) is 0 Å². The number of rotatable bonds is 10. The number of hydrogen-bond donors (Lipinski definition) is 2. The van der Waals surface area contributed by atoms with Gasteiger partial charge in [-0.1, -0.05) is 84.9 Å². The van der Waals surface area contributed by atoms with E-state index in [0.29, 0.717) is 12.0 Å². The number of carbonyl (C=O) groups excluding carboxylic acids is 3. The summed E-state index contributed by atoms with van der Waals surface area (Å²) in [6, 6.07) is 29.0. The maximum atomic E-state index is 14.2. The quantitative estimate of drug-likeness (QED) is 0.307. The molecule has 4 aromatic rings. The predicted octanol–water partition coefficient (Wildman–Crippen LogP) is 4.36. The molecule has 41 heavy (non-hydrogen) atoms. The fourth-order valence-corrected chi connectivity index (χ4v) is 5.08. The molecule has 0 fully saturated rings. The van der Waals surface area contributed by atoms with Crippen LogP contribution >= 0.6 is 0 Å². The van der Waals surface area contributed by atoms with Gasteiger partial charge in [0.05, 0.1) is 0 Å². The Morgan fingerprint density at radius 2 is 1.39 bits per heavy atom. The molecule has 4 rings (SSSR count). The lowest BCUT2D eigenvalue weighted by atomic mass is 9.97. The highest BCUT2D eigenvalue weighted by Gasteiger charge is 2.35. The van der Waals surface area contributed by atoms with Gasteiger partial charge in [-0.25, -0.2) is 0 Å². The molecule has 0 bridgehead atoms. The van der Waals surface area contributed by atoms with Crippen molar-refractivity contribution in [2.24, 2.45) is 5.73 Å². The van der Waals surface area contributed by atoms with Crippen LogP contribution < -0.4 is 11.1 Å². The molecule has 0 spiro atoms. The molecule has 3 amide bonds.